The lowest BCUT2D eigenvalue weighted by atomic mass is 9.45. The van der Waals surface area contributed by atoms with E-state index in [1.165, 1.54) is 14.2 Å². The Balaban J connectivity index is 2.37. The molecule has 4 rings (SSSR count). The zero-order valence-corrected chi connectivity index (χ0v) is 11.5. The standard InChI is InChI=1S/C14H16N4O2/c1-19-14(20-2)13(8-16)10-5-3-9(4-6-10)12(13,7-15)11(17)18-14/h3,5,9-10H,4,6H2,1-2H3,(H2,17,18)/p+1/t9-,10-,12-,13-/m1/s1. The summed E-state index contributed by atoms with van der Waals surface area (Å²) in [5.74, 6) is -1.36. The van der Waals surface area contributed by atoms with Crippen LogP contribution in [0.1, 0.15) is 12.8 Å². The average Bonchev–Trinajstić information content (AvgIpc) is 2.76. The number of ether oxygens (including phenoxy) is 2. The van der Waals surface area contributed by atoms with Gasteiger partial charge in [-0.25, -0.2) is 4.99 Å². The molecule has 0 spiro atoms. The minimum absolute atomic E-state index is 0.100. The van der Waals surface area contributed by atoms with Crippen LogP contribution in [-0.2, 0) is 9.47 Å². The van der Waals surface area contributed by atoms with Crippen molar-refractivity contribution in [2.75, 3.05) is 14.2 Å². The van der Waals surface area contributed by atoms with Gasteiger partial charge in [0.1, 0.15) is 0 Å². The molecule has 0 aromatic carbocycles. The van der Waals surface area contributed by atoms with Crippen LogP contribution in [0.15, 0.2) is 12.2 Å². The lowest BCUT2D eigenvalue weighted by Crippen LogP contribution is -2.90. The number of nitrogens with zero attached hydrogens (tertiary/aromatic N) is 2. The highest BCUT2D eigenvalue weighted by Crippen LogP contribution is 2.64. The predicted octanol–water partition coefficient (Wildman–Crippen LogP) is -1.000. The van der Waals surface area contributed by atoms with Gasteiger partial charge in [0.15, 0.2) is 10.8 Å². The van der Waals surface area contributed by atoms with Gasteiger partial charge >= 0.3 is 5.91 Å². The van der Waals surface area contributed by atoms with Crippen molar-refractivity contribution in [1.82, 2.24) is 0 Å². The Morgan fingerprint density at radius 2 is 1.80 bits per heavy atom. The molecule has 0 amide bonds. The van der Waals surface area contributed by atoms with Crippen LogP contribution in [0.5, 0.6) is 0 Å². The van der Waals surface area contributed by atoms with E-state index in [0.717, 1.165) is 12.8 Å². The fraction of sp³-hybridized carbons (Fsp3) is 0.643. The highest BCUT2D eigenvalue weighted by Gasteiger charge is 2.83. The predicted molar refractivity (Wildman–Crippen MR) is 68.4 cm³/mol. The fourth-order valence-electron chi connectivity index (χ4n) is 4.40. The summed E-state index contributed by atoms with van der Waals surface area (Å²) < 4.78 is 11.0. The molecule has 0 unspecified atom stereocenters. The van der Waals surface area contributed by atoms with Crippen molar-refractivity contribution in [1.29, 1.82) is 10.5 Å². The summed E-state index contributed by atoms with van der Waals surface area (Å²) in [7, 11) is 2.92. The molecule has 4 atom stereocenters. The summed E-state index contributed by atoms with van der Waals surface area (Å²) in [6, 6.07) is 4.66. The molecular weight excluding hydrogens is 256 g/mol. The maximum atomic E-state index is 9.98. The molecule has 104 valence electrons. The van der Waals surface area contributed by atoms with Crippen molar-refractivity contribution in [3.63, 3.8) is 0 Å². The maximum absolute atomic E-state index is 9.98. The second kappa shape index (κ2) is 3.82. The molecule has 1 heterocycles. The number of rotatable bonds is 2. The third-order valence-electron chi connectivity index (χ3n) is 5.27. The topological polar surface area (TPSA) is 106 Å². The molecule has 4 aliphatic rings. The molecule has 0 radical (unpaired) electrons. The third kappa shape index (κ3) is 0.985. The largest absolute Gasteiger partial charge is 0.342 e. The second-order valence-corrected chi connectivity index (χ2v) is 5.58. The minimum atomic E-state index is -1.39. The van der Waals surface area contributed by atoms with Crippen molar-refractivity contribution < 1.29 is 14.5 Å². The average molecular weight is 273 g/mol. The second-order valence-electron chi connectivity index (χ2n) is 5.58. The van der Waals surface area contributed by atoms with Gasteiger partial charge in [-0.1, -0.05) is 12.2 Å². The van der Waals surface area contributed by atoms with Crippen LogP contribution < -0.4 is 10.7 Å². The summed E-state index contributed by atoms with van der Waals surface area (Å²) in [5, 5.41) is 19.9. The number of hydrogen-bond acceptors (Lipinski definition) is 5. The van der Waals surface area contributed by atoms with Crippen molar-refractivity contribution >= 4 is 5.84 Å². The van der Waals surface area contributed by atoms with Crippen LogP contribution in [0, 0.1) is 45.3 Å². The fourth-order valence-corrected chi connectivity index (χ4v) is 4.40. The molecule has 20 heavy (non-hydrogen) atoms. The van der Waals surface area contributed by atoms with Crippen LogP contribution in [0.2, 0.25) is 0 Å². The number of nitrogens with two attached hydrogens (primary N) is 1. The van der Waals surface area contributed by atoms with Crippen molar-refractivity contribution in [3.8, 4) is 12.1 Å². The molecule has 3 N–H and O–H groups in total. The SMILES string of the molecule is COC1(OC)[NH+]=C(N)[C@@]2(C#N)[C@@H]3C=C[C@H](CC3)[C@@]12C#N. The first-order valence-electron chi connectivity index (χ1n) is 6.60. The Morgan fingerprint density at radius 3 is 2.25 bits per heavy atom. The number of methoxy groups -OCH3 is 2. The lowest BCUT2D eigenvalue weighted by Gasteiger charge is -2.52. The first-order chi connectivity index (χ1) is 9.58. The van der Waals surface area contributed by atoms with E-state index in [2.05, 4.69) is 17.1 Å². The molecule has 2 bridgehead atoms. The van der Waals surface area contributed by atoms with Gasteiger partial charge in [-0.2, -0.15) is 10.5 Å². The normalized spacial score (nSPS) is 43.5. The van der Waals surface area contributed by atoms with Gasteiger partial charge in [0.2, 0.25) is 0 Å². The van der Waals surface area contributed by atoms with Gasteiger partial charge < -0.3 is 9.47 Å². The zero-order valence-electron chi connectivity index (χ0n) is 11.5. The maximum Gasteiger partial charge on any atom is 0.342 e. The van der Waals surface area contributed by atoms with E-state index in [1.54, 1.807) is 0 Å². The van der Waals surface area contributed by atoms with Crippen LogP contribution >= 0.6 is 0 Å². The van der Waals surface area contributed by atoms with Gasteiger partial charge in [0.25, 0.3) is 5.84 Å². The highest BCUT2D eigenvalue weighted by molar-refractivity contribution is 5.89. The molecule has 6 heteroatoms. The molecule has 1 aliphatic heterocycles. The van der Waals surface area contributed by atoms with Gasteiger partial charge in [-0.3, -0.25) is 5.73 Å². The number of fused-ring (bicyclic) bond motifs is 1. The van der Waals surface area contributed by atoms with Crippen LogP contribution in [0.4, 0.5) is 0 Å². The summed E-state index contributed by atoms with van der Waals surface area (Å²) in [5.41, 5.74) is 3.85. The van der Waals surface area contributed by atoms with Gasteiger partial charge in [0.05, 0.1) is 12.1 Å². The molecule has 0 saturated heterocycles. The van der Waals surface area contributed by atoms with Crippen LogP contribution in [-0.4, -0.2) is 26.0 Å². The smallest absolute Gasteiger partial charge is 0.317 e. The van der Waals surface area contributed by atoms with E-state index in [1.807, 2.05) is 12.2 Å². The van der Waals surface area contributed by atoms with Gasteiger partial charge in [-0.15, -0.1) is 0 Å². The van der Waals surface area contributed by atoms with E-state index < -0.39 is 16.7 Å². The summed E-state index contributed by atoms with van der Waals surface area (Å²) >= 11 is 0. The van der Waals surface area contributed by atoms with Gasteiger partial charge in [-0.05, 0) is 12.8 Å². The molecule has 1 saturated carbocycles. The first-order valence-corrected chi connectivity index (χ1v) is 6.60. The van der Waals surface area contributed by atoms with E-state index >= 15 is 0 Å². The molecule has 3 aliphatic carbocycles. The quantitative estimate of drug-likeness (QED) is 0.496. The van der Waals surface area contributed by atoms with E-state index in [4.69, 9.17) is 15.2 Å². The number of nitriles is 2. The number of amidine groups is 1. The molecule has 1 fully saturated rings. The zero-order chi connectivity index (χ0) is 14.6. The molecule has 0 aromatic rings. The minimum Gasteiger partial charge on any atom is -0.317 e. The van der Waals surface area contributed by atoms with E-state index in [-0.39, 0.29) is 17.7 Å². The first kappa shape index (κ1) is 13.1. The Labute approximate surface area is 117 Å². The third-order valence-corrected chi connectivity index (χ3v) is 5.27. The Kier molecular flexibility index (Phi) is 2.50. The van der Waals surface area contributed by atoms with Gasteiger partial charge in [0, 0.05) is 26.1 Å². The number of hydrogen-bond donors (Lipinski definition) is 2. The van der Waals surface area contributed by atoms with Crippen LogP contribution in [0.3, 0.4) is 0 Å². The monoisotopic (exact) mass is 273 g/mol. The molecule has 6 nitrogen and oxygen atoms in total. The van der Waals surface area contributed by atoms with Crippen LogP contribution in [0.25, 0.3) is 0 Å². The van der Waals surface area contributed by atoms with Crippen molar-refractivity contribution in [2.45, 2.75) is 18.8 Å². The number of nitrogens with one attached hydrogen (secondary N) is 1. The molecule has 0 aromatic heterocycles. The summed E-state index contributed by atoms with van der Waals surface area (Å²) in [6.45, 7) is 0. The summed E-state index contributed by atoms with van der Waals surface area (Å²) in [6.07, 6.45) is 5.66. The highest BCUT2D eigenvalue weighted by atomic mass is 16.7. The van der Waals surface area contributed by atoms with Crippen molar-refractivity contribution in [3.05, 3.63) is 12.2 Å². The molecular formula is C14H17N4O2+. The van der Waals surface area contributed by atoms with E-state index in [0.29, 0.717) is 0 Å². The lowest BCUT2D eigenvalue weighted by molar-refractivity contribution is -0.693. The Morgan fingerprint density at radius 1 is 1.20 bits per heavy atom. The number of allylic oxidation sites excluding steroid dienone is 2. The van der Waals surface area contributed by atoms with Crippen molar-refractivity contribution in [2.24, 2.45) is 28.4 Å². The Hall–Kier alpha value is -1.89. The Bertz CT molecular complexity index is 595. The van der Waals surface area contributed by atoms with E-state index in [9.17, 15) is 10.5 Å². The summed E-state index contributed by atoms with van der Waals surface area (Å²) in [4.78, 5) is 2.96.